The summed E-state index contributed by atoms with van der Waals surface area (Å²) in [6.07, 6.45) is 0. The van der Waals surface area contributed by atoms with Gasteiger partial charge >= 0.3 is 6.01 Å². The molecule has 0 unspecified atom stereocenters. The first kappa shape index (κ1) is 14.4. The molecule has 20 heavy (non-hydrogen) atoms. The molecule has 2 rings (SSSR count). The van der Waals surface area contributed by atoms with Gasteiger partial charge in [-0.25, -0.2) is 8.78 Å². The summed E-state index contributed by atoms with van der Waals surface area (Å²) in [5, 5.41) is 13.1. The number of nitrogens with zero attached hydrogens (tertiary/aromatic N) is 2. The molecule has 2 N–H and O–H groups in total. The Kier molecular flexibility index (Phi) is 4.97. The van der Waals surface area contributed by atoms with Gasteiger partial charge in [0, 0.05) is 19.7 Å². The number of rotatable bonds is 7. The molecule has 0 radical (unpaired) electrons. The molecule has 6 nitrogen and oxygen atoms in total. The van der Waals surface area contributed by atoms with Crippen molar-refractivity contribution in [1.82, 2.24) is 15.5 Å². The molecule has 8 heteroatoms. The van der Waals surface area contributed by atoms with Gasteiger partial charge < -0.3 is 19.8 Å². The van der Waals surface area contributed by atoms with E-state index < -0.39 is 11.6 Å². The highest BCUT2D eigenvalue weighted by atomic mass is 19.1. The molecular formula is C12H14F2N4O2. The minimum Gasteiger partial charge on any atom is -0.406 e. The molecule has 0 fully saturated rings. The second-order valence-corrected chi connectivity index (χ2v) is 3.92. The predicted molar refractivity (Wildman–Crippen MR) is 67.5 cm³/mol. The number of benzene rings is 1. The first-order valence-corrected chi connectivity index (χ1v) is 5.93. The third-order valence-electron chi connectivity index (χ3n) is 2.40. The average Bonchev–Trinajstić information content (AvgIpc) is 2.86. The van der Waals surface area contributed by atoms with E-state index in [0.717, 1.165) is 12.1 Å². The number of nitrogens with one attached hydrogen (secondary N) is 2. The summed E-state index contributed by atoms with van der Waals surface area (Å²) in [5.41, 5.74) is 0.0638. The Morgan fingerprint density at radius 1 is 1.30 bits per heavy atom. The molecule has 0 saturated carbocycles. The Hall–Kier alpha value is -2.06. The molecule has 0 amide bonds. The highest BCUT2D eigenvalue weighted by Gasteiger charge is 2.09. The Bertz CT molecular complexity index is 562. The third-order valence-corrected chi connectivity index (χ3v) is 2.40. The second-order valence-electron chi connectivity index (χ2n) is 3.92. The third kappa shape index (κ3) is 3.97. The lowest BCUT2D eigenvalue weighted by Crippen LogP contribution is -2.18. The first-order valence-electron chi connectivity index (χ1n) is 5.93. The Labute approximate surface area is 114 Å². The molecule has 108 valence electrons. The lowest BCUT2D eigenvalue weighted by molar-refractivity contribution is 0.198. The highest BCUT2D eigenvalue weighted by Crippen LogP contribution is 2.19. The van der Waals surface area contributed by atoms with Crippen LogP contribution in [0.1, 0.15) is 5.89 Å². The molecule has 0 atom stereocenters. The zero-order chi connectivity index (χ0) is 14.4. The number of aromatic nitrogens is 2. The van der Waals surface area contributed by atoms with Crippen LogP contribution in [0.2, 0.25) is 0 Å². The Balaban J connectivity index is 1.92. The van der Waals surface area contributed by atoms with Crippen molar-refractivity contribution >= 4 is 11.7 Å². The predicted octanol–water partition coefficient (Wildman–Crippen LogP) is 1.83. The van der Waals surface area contributed by atoms with Gasteiger partial charge in [0.05, 0.1) is 18.8 Å². The smallest absolute Gasteiger partial charge is 0.320 e. The standard InChI is InChI=1S/C12H14F2N4O2/c1-19-5-4-15-7-11-17-18-12(20-11)16-10-3-2-8(13)6-9(10)14/h2-3,6,15H,4-5,7H2,1H3,(H,16,18). The van der Waals surface area contributed by atoms with Crippen molar-refractivity contribution in [1.29, 1.82) is 0 Å². The minimum absolute atomic E-state index is 0.0408. The maximum absolute atomic E-state index is 13.4. The molecular weight excluding hydrogens is 270 g/mol. The van der Waals surface area contributed by atoms with Gasteiger partial charge in [0.15, 0.2) is 0 Å². The summed E-state index contributed by atoms with van der Waals surface area (Å²) in [5.74, 6) is -1.03. The normalized spacial score (nSPS) is 10.8. The molecule has 0 aliphatic carbocycles. The van der Waals surface area contributed by atoms with E-state index in [1.54, 1.807) is 7.11 Å². The van der Waals surface area contributed by atoms with Crippen molar-refractivity contribution in [3.8, 4) is 0 Å². The van der Waals surface area contributed by atoms with Gasteiger partial charge in [-0.3, -0.25) is 0 Å². The molecule has 2 aromatic rings. The highest BCUT2D eigenvalue weighted by molar-refractivity contribution is 5.52. The number of anilines is 2. The van der Waals surface area contributed by atoms with Crippen LogP contribution in [0.4, 0.5) is 20.5 Å². The zero-order valence-corrected chi connectivity index (χ0v) is 10.8. The first-order chi connectivity index (χ1) is 9.69. The molecule has 1 aromatic heterocycles. The van der Waals surface area contributed by atoms with Crippen LogP contribution in [0.3, 0.4) is 0 Å². The second kappa shape index (κ2) is 6.92. The fourth-order valence-electron chi connectivity index (χ4n) is 1.45. The van der Waals surface area contributed by atoms with Crippen LogP contribution in [-0.4, -0.2) is 30.5 Å². The minimum atomic E-state index is -0.733. The van der Waals surface area contributed by atoms with Gasteiger partial charge in [0.2, 0.25) is 5.89 Å². The summed E-state index contributed by atoms with van der Waals surface area (Å²) < 4.78 is 36.3. The van der Waals surface area contributed by atoms with Gasteiger partial charge in [-0.1, -0.05) is 5.10 Å². The van der Waals surface area contributed by atoms with E-state index in [1.807, 2.05) is 0 Å². The SMILES string of the molecule is COCCNCc1nnc(Nc2ccc(F)cc2F)o1. The van der Waals surface area contributed by atoms with Gasteiger partial charge in [0.1, 0.15) is 11.6 Å². The molecule has 1 heterocycles. The van der Waals surface area contributed by atoms with Gasteiger partial charge in [-0.2, -0.15) is 0 Å². The lowest BCUT2D eigenvalue weighted by atomic mass is 10.3. The van der Waals surface area contributed by atoms with Crippen LogP contribution in [0.5, 0.6) is 0 Å². The number of hydrogen-bond acceptors (Lipinski definition) is 6. The van der Waals surface area contributed by atoms with Crippen molar-refractivity contribution < 1.29 is 17.9 Å². The van der Waals surface area contributed by atoms with E-state index in [1.165, 1.54) is 6.07 Å². The molecule has 0 saturated heterocycles. The summed E-state index contributed by atoms with van der Waals surface area (Å²) in [4.78, 5) is 0. The summed E-state index contributed by atoms with van der Waals surface area (Å²) in [6, 6.07) is 3.20. The Morgan fingerprint density at radius 3 is 2.90 bits per heavy atom. The van der Waals surface area contributed by atoms with E-state index in [2.05, 4.69) is 20.8 Å². The van der Waals surface area contributed by atoms with Crippen LogP contribution in [0, 0.1) is 11.6 Å². The molecule has 0 bridgehead atoms. The summed E-state index contributed by atoms with van der Waals surface area (Å²) in [7, 11) is 1.60. The Morgan fingerprint density at radius 2 is 2.15 bits per heavy atom. The summed E-state index contributed by atoms with van der Waals surface area (Å²) >= 11 is 0. The van der Waals surface area contributed by atoms with Crippen LogP contribution in [-0.2, 0) is 11.3 Å². The van der Waals surface area contributed by atoms with Gasteiger partial charge in [0.25, 0.3) is 0 Å². The quantitative estimate of drug-likeness (QED) is 0.756. The van der Waals surface area contributed by atoms with E-state index >= 15 is 0 Å². The zero-order valence-electron chi connectivity index (χ0n) is 10.8. The van der Waals surface area contributed by atoms with Crippen molar-refractivity contribution in [3.05, 3.63) is 35.7 Å². The molecule has 0 aliphatic rings. The van der Waals surface area contributed by atoms with Crippen molar-refractivity contribution in [2.75, 3.05) is 25.6 Å². The molecule has 0 spiro atoms. The fraction of sp³-hybridized carbons (Fsp3) is 0.333. The van der Waals surface area contributed by atoms with Crippen LogP contribution in [0.15, 0.2) is 22.6 Å². The van der Waals surface area contributed by atoms with Crippen molar-refractivity contribution in [2.24, 2.45) is 0 Å². The van der Waals surface area contributed by atoms with Crippen molar-refractivity contribution in [2.45, 2.75) is 6.54 Å². The summed E-state index contributed by atoms with van der Waals surface area (Å²) in [6.45, 7) is 1.60. The van der Waals surface area contributed by atoms with Crippen LogP contribution >= 0.6 is 0 Å². The van der Waals surface area contributed by atoms with E-state index in [9.17, 15) is 8.78 Å². The number of halogens is 2. The molecule has 0 aliphatic heterocycles. The number of methoxy groups -OCH3 is 1. The van der Waals surface area contributed by atoms with Crippen molar-refractivity contribution in [3.63, 3.8) is 0 Å². The number of ether oxygens (including phenoxy) is 1. The monoisotopic (exact) mass is 284 g/mol. The number of hydrogen-bond donors (Lipinski definition) is 2. The van der Waals surface area contributed by atoms with Crippen LogP contribution in [0.25, 0.3) is 0 Å². The maximum Gasteiger partial charge on any atom is 0.320 e. The van der Waals surface area contributed by atoms with E-state index in [-0.39, 0.29) is 11.7 Å². The fourth-order valence-corrected chi connectivity index (χ4v) is 1.45. The molecule has 1 aromatic carbocycles. The maximum atomic E-state index is 13.4. The van der Waals surface area contributed by atoms with E-state index in [0.29, 0.717) is 25.6 Å². The topological polar surface area (TPSA) is 72.2 Å². The largest absolute Gasteiger partial charge is 0.406 e. The van der Waals surface area contributed by atoms with Gasteiger partial charge in [-0.15, -0.1) is 5.10 Å². The van der Waals surface area contributed by atoms with E-state index in [4.69, 9.17) is 9.15 Å². The van der Waals surface area contributed by atoms with Crippen LogP contribution < -0.4 is 10.6 Å². The lowest BCUT2D eigenvalue weighted by Gasteiger charge is -2.02. The van der Waals surface area contributed by atoms with Gasteiger partial charge in [-0.05, 0) is 12.1 Å². The average molecular weight is 284 g/mol.